The van der Waals surface area contributed by atoms with Crippen LogP contribution in [0.15, 0.2) is 6.07 Å². The highest BCUT2D eigenvalue weighted by molar-refractivity contribution is 5.96. The minimum Gasteiger partial charge on any atom is -0.342 e. The summed E-state index contributed by atoms with van der Waals surface area (Å²) in [5.74, 6) is 0.924. The van der Waals surface area contributed by atoms with Crippen molar-refractivity contribution in [2.75, 3.05) is 18.4 Å². The number of hydrogen-bond donors (Lipinski definition) is 2. The van der Waals surface area contributed by atoms with Crippen LogP contribution in [-0.2, 0) is 9.59 Å². The molecule has 1 aromatic rings. The second kappa shape index (κ2) is 6.28. The Kier molecular flexibility index (Phi) is 4.65. The van der Waals surface area contributed by atoms with Crippen LogP contribution < -0.4 is 5.32 Å². The summed E-state index contributed by atoms with van der Waals surface area (Å²) in [6.45, 7) is 9.46. The lowest BCUT2D eigenvalue weighted by Crippen LogP contribution is -2.31. The van der Waals surface area contributed by atoms with E-state index in [4.69, 9.17) is 0 Å². The Morgan fingerprint density at radius 2 is 2.19 bits per heavy atom. The largest absolute Gasteiger partial charge is 0.342 e. The Hall–Kier alpha value is -1.85. The molecule has 21 heavy (non-hydrogen) atoms. The van der Waals surface area contributed by atoms with Crippen LogP contribution in [0.2, 0.25) is 0 Å². The van der Waals surface area contributed by atoms with Crippen LogP contribution in [0, 0.1) is 11.8 Å². The molecular formula is C15H24N4O2. The number of anilines is 1. The average molecular weight is 292 g/mol. The lowest BCUT2D eigenvalue weighted by Gasteiger charge is -2.18. The molecule has 0 aromatic carbocycles. The zero-order valence-electron chi connectivity index (χ0n) is 13.1. The summed E-state index contributed by atoms with van der Waals surface area (Å²) in [4.78, 5) is 25.9. The summed E-state index contributed by atoms with van der Waals surface area (Å²) in [5, 5.41) is 9.78. The Morgan fingerprint density at radius 3 is 2.76 bits per heavy atom. The van der Waals surface area contributed by atoms with Crippen LogP contribution in [-0.4, -0.2) is 40.0 Å². The van der Waals surface area contributed by atoms with Crippen molar-refractivity contribution in [1.29, 1.82) is 0 Å². The number of nitrogens with zero attached hydrogens (tertiary/aromatic N) is 2. The molecule has 6 heteroatoms. The predicted molar refractivity (Wildman–Crippen MR) is 80.8 cm³/mol. The summed E-state index contributed by atoms with van der Waals surface area (Å²) in [6, 6.07) is 1.84. The zero-order chi connectivity index (χ0) is 15.6. The second-order valence-corrected chi connectivity index (χ2v) is 6.45. The van der Waals surface area contributed by atoms with Crippen molar-refractivity contribution in [3.8, 4) is 0 Å². The number of likely N-dealkylation sites (tertiary alicyclic amines) is 1. The van der Waals surface area contributed by atoms with Gasteiger partial charge in [0.1, 0.15) is 0 Å². The van der Waals surface area contributed by atoms with Gasteiger partial charge in [0.25, 0.3) is 0 Å². The summed E-state index contributed by atoms with van der Waals surface area (Å²) in [6.07, 6.45) is 0.292. The lowest BCUT2D eigenvalue weighted by molar-refractivity contribution is -0.128. The van der Waals surface area contributed by atoms with E-state index in [1.807, 2.05) is 6.07 Å². The molecule has 116 valence electrons. The third-order valence-corrected chi connectivity index (χ3v) is 3.64. The van der Waals surface area contributed by atoms with Gasteiger partial charge in [-0.1, -0.05) is 27.7 Å². The molecule has 0 saturated carbocycles. The van der Waals surface area contributed by atoms with Gasteiger partial charge in [0.15, 0.2) is 5.82 Å². The van der Waals surface area contributed by atoms with Gasteiger partial charge in [-0.3, -0.25) is 14.7 Å². The first-order valence-electron chi connectivity index (χ1n) is 7.50. The van der Waals surface area contributed by atoms with Crippen LogP contribution in [0.1, 0.15) is 45.7 Å². The number of rotatable bonds is 5. The topological polar surface area (TPSA) is 78.1 Å². The van der Waals surface area contributed by atoms with Gasteiger partial charge in [-0.2, -0.15) is 5.10 Å². The Morgan fingerprint density at radius 1 is 1.48 bits per heavy atom. The number of nitrogens with one attached hydrogen (secondary N) is 2. The van der Waals surface area contributed by atoms with Crippen molar-refractivity contribution in [2.24, 2.45) is 11.8 Å². The van der Waals surface area contributed by atoms with Gasteiger partial charge in [0.05, 0.1) is 5.92 Å². The molecule has 0 spiro atoms. The minimum absolute atomic E-state index is 0.0637. The molecule has 0 radical (unpaired) electrons. The van der Waals surface area contributed by atoms with E-state index in [0.717, 1.165) is 5.69 Å². The molecule has 1 aliphatic heterocycles. The van der Waals surface area contributed by atoms with E-state index >= 15 is 0 Å². The second-order valence-electron chi connectivity index (χ2n) is 6.45. The molecular weight excluding hydrogens is 268 g/mol. The molecule has 0 bridgehead atoms. The van der Waals surface area contributed by atoms with Crippen LogP contribution in [0.25, 0.3) is 0 Å². The highest BCUT2D eigenvalue weighted by atomic mass is 16.2. The maximum atomic E-state index is 12.2. The fourth-order valence-corrected chi connectivity index (χ4v) is 2.49. The average Bonchev–Trinajstić information content (AvgIpc) is 2.97. The van der Waals surface area contributed by atoms with Crippen molar-refractivity contribution in [2.45, 2.75) is 40.0 Å². The molecule has 2 amide bonds. The van der Waals surface area contributed by atoms with Crippen LogP contribution in [0.4, 0.5) is 5.82 Å². The van der Waals surface area contributed by atoms with Gasteiger partial charge >= 0.3 is 0 Å². The lowest BCUT2D eigenvalue weighted by atomic mass is 10.1. The third-order valence-electron chi connectivity index (χ3n) is 3.64. The molecule has 2 N–H and O–H groups in total. The highest BCUT2D eigenvalue weighted by Gasteiger charge is 2.34. The number of amides is 2. The van der Waals surface area contributed by atoms with E-state index in [2.05, 4.69) is 43.2 Å². The fraction of sp³-hybridized carbons (Fsp3) is 0.667. The standard InChI is InChI=1S/C15H24N4O2/c1-9(2)7-19-8-11(5-14(19)20)15(21)16-13-6-12(10(3)4)17-18-13/h6,9-11H,5,7-8H2,1-4H3,(H2,16,17,18,21). The molecule has 0 aliphatic carbocycles. The quantitative estimate of drug-likeness (QED) is 0.871. The summed E-state index contributed by atoms with van der Waals surface area (Å²) >= 11 is 0. The first kappa shape index (κ1) is 15.5. The maximum absolute atomic E-state index is 12.2. The van der Waals surface area contributed by atoms with Crippen molar-refractivity contribution < 1.29 is 9.59 Å². The van der Waals surface area contributed by atoms with Crippen molar-refractivity contribution >= 4 is 17.6 Å². The first-order chi connectivity index (χ1) is 9.86. The molecule has 1 atom stereocenters. The van der Waals surface area contributed by atoms with Gasteiger partial charge in [0.2, 0.25) is 11.8 Å². The Bertz CT molecular complexity index is 521. The Balaban J connectivity index is 1.93. The Labute approximate surface area is 125 Å². The molecule has 6 nitrogen and oxygen atoms in total. The number of aromatic nitrogens is 2. The van der Waals surface area contributed by atoms with Gasteiger partial charge in [-0.15, -0.1) is 0 Å². The van der Waals surface area contributed by atoms with Crippen molar-refractivity contribution in [3.05, 3.63) is 11.8 Å². The highest BCUT2D eigenvalue weighted by Crippen LogP contribution is 2.21. The van der Waals surface area contributed by atoms with Crippen LogP contribution in [0.3, 0.4) is 0 Å². The van der Waals surface area contributed by atoms with Crippen LogP contribution >= 0.6 is 0 Å². The molecule has 2 heterocycles. The number of H-pyrrole nitrogens is 1. The number of carbonyl (C=O) groups is 2. The normalized spacial score (nSPS) is 18.9. The van der Waals surface area contributed by atoms with E-state index in [-0.39, 0.29) is 17.7 Å². The van der Waals surface area contributed by atoms with Gasteiger partial charge < -0.3 is 10.2 Å². The monoisotopic (exact) mass is 292 g/mol. The van der Waals surface area contributed by atoms with E-state index in [9.17, 15) is 9.59 Å². The minimum atomic E-state index is -0.282. The summed E-state index contributed by atoms with van der Waals surface area (Å²) in [5.41, 5.74) is 0.981. The summed E-state index contributed by atoms with van der Waals surface area (Å²) in [7, 11) is 0. The smallest absolute Gasteiger partial charge is 0.230 e. The van der Waals surface area contributed by atoms with Crippen molar-refractivity contribution in [3.63, 3.8) is 0 Å². The first-order valence-corrected chi connectivity index (χ1v) is 7.50. The molecule has 1 unspecified atom stereocenters. The SMILES string of the molecule is CC(C)CN1CC(C(=O)Nc2cc(C(C)C)[nH]n2)CC1=O. The van der Waals surface area contributed by atoms with E-state index in [0.29, 0.717) is 37.2 Å². The maximum Gasteiger partial charge on any atom is 0.230 e. The van der Waals surface area contributed by atoms with Gasteiger partial charge in [-0.25, -0.2) is 0 Å². The predicted octanol–water partition coefficient (Wildman–Crippen LogP) is 1.98. The van der Waals surface area contributed by atoms with Gasteiger partial charge in [-0.05, 0) is 11.8 Å². The van der Waals surface area contributed by atoms with E-state index in [1.54, 1.807) is 4.90 Å². The van der Waals surface area contributed by atoms with Gasteiger partial charge in [0, 0.05) is 31.3 Å². The molecule has 1 aliphatic rings. The number of carbonyl (C=O) groups excluding carboxylic acids is 2. The molecule has 1 aromatic heterocycles. The molecule has 1 saturated heterocycles. The zero-order valence-corrected chi connectivity index (χ0v) is 13.1. The number of hydrogen-bond acceptors (Lipinski definition) is 3. The third kappa shape index (κ3) is 3.83. The van der Waals surface area contributed by atoms with E-state index < -0.39 is 0 Å². The molecule has 2 rings (SSSR count). The molecule has 1 fully saturated rings. The number of aromatic amines is 1. The van der Waals surface area contributed by atoms with Crippen LogP contribution in [0.5, 0.6) is 0 Å². The fourth-order valence-electron chi connectivity index (χ4n) is 2.49. The van der Waals surface area contributed by atoms with E-state index in [1.165, 1.54) is 0 Å². The summed E-state index contributed by atoms with van der Waals surface area (Å²) < 4.78 is 0. The van der Waals surface area contributed by atoms with Crippen molar-refractivity contribution in [1.82, 2.24) is 15.1 Å².